The summed E-state index contributed by atoms with van der Waals surface area (Å²) in [6, 6.07) is 21.8. The molecule has 1 amide bonds. The number of hydrogen-bond donors (Lipinski definition) is 1. The van der Waals surface area contributed by atoms with E-state index >= 15 is 0 Å². The normalized spacial score (nSPS) is 12.2. The number of anilines is 1. The number of nitrogens with one attached hydrogen (secondary N) is 1. The molecule has 0 aliphatic carbocycles. The van der Waals surface area contributed by atoms with Gasteiger partial charge in [0, 0.05) is 16.5 Å². The lowest BCUT2D eigenvalue weighted by Gasteiger charge is -2.14. The molecule has 0 aliphatic heterocycles. The third kappa shape index (κ3) is 3.26. The Balaban J connectivity index is 1.56. The lowest BCUT2D eigenvalue weighted by atomic mass is 10.1. The number of aromatic nitrogens is 2. The number of nitrogens with zero attached hydrogens (tertiary/aromatic N) is 2. The van der Waals surface area contributed by atoms with Gasteiger partial charge in [0.2, 0.25) is 5.91 Å². The summed E-state index contributed by atoms with van der Waals surface area (Å²) in [6.07, 6.45) is 1.54. The van der Waals surface area contributed by atoms with Crippen molar-refractivity contribution in [3.63, 3.8) is 0 Å². The Kier molecular flexibility index (Phi) is 4.54. The average Bonchev–Trinajstić information content (AvgIpc) is 2.68. The number of para-hydroxylation sites is 1. The molecule has 3 aromatic carbocycles. The zero-order valence-electron chi connectivity index (χ0n) is 14.2. The van der Waals surface area contributed by atoms with E-state index in [9.17, 15) is 4.79 Å². The van der Waals surface area contributed by atoms with E-state index in [-0.39, 0.29) is 11.2 Å². The standard InChI is InChI=1S/C21H17N3OS/c1-14(26-21-17-10-4-5-11-18(17)22-13-23-21)20(25)24-19-12-6-8-15-7-2-3-9-16(15)19/h2-14H,1H3,(H,24,25)/t14-/m0/s1. The molecule has 0 fully saturated rings. The molecule has 0 unspecified atom stereocenters. The van der Waals surface area contributed by atoms with E-state index in [4.69, 9.17) is 0 Å². The zero-order valence-corrected chi connectivity index (χ0v) is 15.0. The van der Waals surface area contributed by atoms with Gasteiger partial charge in [-0.3, -0.25) is 4.79 Å². The summed E-state index contributed by atoms with van der Waals surface area (Å²) in [5.41, 5.74) is 1.71. The molecular weight excluding hydrogens is 342 g/mol. The highest BCUT2D eigenvalue weighted by atomic mass is 32.2. The van der Waals surface area contributed by atoms with E-state index in [0.717, 1.165) is 32.4 Å². The van der Waals surface area contributed by atoms with E-state index in [1.807, 2.05) is 73.7 Å². The van der Waals surface area contributed by atoms with E-state index in [1.165, 1.54) is 11.8 Å². The Morgan fingerprint density at radius 1 is 0.923 bits per heavy atom. The smallest absolute Gasteiger partial charge is 0.237 e. The predicted molar refractivity (Wildman–Crippen MR) is 107 cm³/mol. The Morgan fingerprint density at radius 3 is 2.54 bits per heavy atom. The van der Waals surface area contributed by atoms with Crippen molar-refractivity contribution in [1.29, 1.82) is 0 Å². The van der Waals surface area contributed by atoms with Crippen LogP contribution in [0.15, 0.2) is 78.1 Å². The van der Waals surface area contributed by atoms with Gasteiger partial charge in [-0.05, 0) is 24.4 Å². The molecule has 0 spiro atoms. The molecule has 0 radical (unpaired) electrons. The largest absolute Gasteiger partial charge is 0.325 e. The molecular formula is C21H17N3OS. The molecule has 5 heteroatoms. The van der Waals surface area contributed by atoms with E-state index in [2.05, 4.69) is 15.3 Å². The number of rotatable bonds is 4. The van der Waals surface area contributed by atoms with Crippen molar-refractivity contribution in [2.45, 2.75) is 17.2 Å². The first-order valence-electron chi connectivity index (χ1n) is 8.37. The first-order chi connectivity index (χ1) is 12.7. The Labute approximate surface area is 155 Å². The van der Waals surface area contributed by atoms with Gasteiger partial charge >= 0.3 is 0 Å². The monoisotopic (exact) mass is 359 g/mol. The minimum Gasteiger partial charge on any atom is -0.325 e. The van der Waals surface area contributed by atoms with Gasteiger partial charge in [-0.15, -0.1) is 0 Å². The maximum atomic E-state index is 12.7. The summed E-state index contributed by atoms with van der Waals surface area (Å²) < 4.78 is 0. The molecule has 1 N–H and O–H groups in total. The van der Waals surface area contributed by atoms with Crippen LogP contribution in [0.3, 0.4) is 0 Å². The highest BCUT2D eigenvalue weighted by Gasteiger charge is 2.17. The number of benzene rings is 3. The van der Waals surface area contributed by atoms with Gasteiger partial charge < -0.3 is 5.32 Å². The first-order valence-corrected chi connectivity index (χ1v) is 9.25. The predicted octanol–water partition coefficient (Wildman–Crippen LogP) is 4.90. The summed E-state index contributed by atoms with van der Waals surface area (Å²) >= 11 is 1.44. The second-order valence-electron chi connectivity index (χ2n) is 5.97. The van der Waals surface area contributed by atoms with Crippen molar-refractivity contribution in [3.05, 3.63) is 73.1 Å². The Hall–Kier alpha value is -2.92. The molecule has 4 nitrogen and oxygen atoms in total. The van der Waals surface area contributed by atoms with Gasteiger partial charge in [-0.25, -0.2) is 9.97 Å². The van der Waals surface area contributed by atoms with Crippen molar-refractivity contribution < 1.29 is 4.79 Å². The maximum Gasteiger partial charge on any atom is 0.237 e. The van der Waals surface area contributed by atoms with E-state index in [1.54, 1.807) is 6.33 Å². The van der Waals surface area contributed by atoms with Crippen molar-refractivity contribution in [1.82, 2.24) is 9.97 Å². The Bertz CT molecular complexity index is 1090. The van der Waals surface area contributed by atoms with Crippen LogP contribution in [-0.4, -0.2) is 21.1 Å². The molecule has 26 heavy (non-hydrogen) atoms. The van der Waals surface area contributed by atoms with Crippen LogP contribution >= 0.6 is 11.8 Å². The second kappa shape index (κ2) is 7.14. The van der Waals surface area contributed by atoms with Crippen molar-refractivity contribution in [2.75, 3.05) is 5.32 Å². The zero-order chi connectivity index (χ0) is 17.9. The third-order valence-corrected chi connectivity index (χ3v) is 5.33. The highest BCUT2D eigenvalue weighted by molar-refractivity contribution is 8.00. The number of thioether (sulfide) groups is 1. The number of carbonyl (C=O) groups excluding carboxylic acids is 1. The molecule has 4 rings (SSSR count). The van der Waals surface area contributed by atoms with Crippen LogP contribution < -0.4 is 5.32 Å². The minimum atomic E-state index is -0.285. The quantitative estimate of drug-likeness (QED) is 0.416. The van der Waals surface area contributed by atoms with Crippen LogP contribution in [0.25, 0.3) is 21.7 Å². The molecule has 128 valence electrons. The molecule has 1 atom stereocenters. The molecule has 0 saturated heterocycles. The van der Waals surface area contributed by atoms with Crippen molar-refractivity contribution >= 4 is 45.0 Å². The summed E-state index contributed by atoms with van der Waals surface area (Å²) in [4.78, 5) is 21.4. The van der Waals surface area contributed by atoms with Crippen LogP contribution in [0.4, 0.5) is 5.69 Å². The van der Waals surface area contributed by atoms with Crippen molar-refractivity contribution in [3.8, 4) is 0 Å². The average molecular weight is 359 g/mol. The minimum absolute atomic E-state index is 0.0472. The fourth-order valence-corrected chi connectivity index (χ4v) is 3.77. The van der Waals surface area contributed by atoms with Crippen LogP contribution in [0.1, 0.15) is 6.92 Å². The van der Waals surface area contributed by atoms with E-state index in [0.29, 0.717) is 0 Å². The lowest BCUT2D eigenvalue weighted by molar-refractivity contribution is -0.115. The fraction of sp³-hybridized carbons (Fsp3) is 0.0952. The molecule has 0 bridgehead atoms. The Morgan fingerprint density at radius 2 is 1.65 bits per heavy atom. The van der Waals surface area contributed by atoms with Gasteiger partial charge in [0.15, 0.2) is 0 Å². The summed E-state index contributed by atoms with van der Waals surface area (Å²) in [6.45, 7) is 1.89. The highest BCUT2D eigenvalue weighted by Crippen LogP contribution is 2.29. The molecule has 0 aliphatic rings. The van der Waals surface area contributed by atoms with Crippen LogP contribution in [-0.2, 0) is 4.79 Å². The maximum absolute atomic E-state index is 12.7. The number of carbonyl (C=O) groups is 1. The van der Waals surface area contributed by atoms with Gasteiger partial charge in [-0.2, -0.15) is 0 Å². The fourth-order valence-electron chi connectivity index (χ4n) is 2.86. The van der Waals surface area contributed by atoms with Crippen LogP contribution in [0, 0.1) is 0 Å². The van der Waals surface area contributed by atoms with E-state index < -0.39 is 0 Å². The van der Waals surface area contributed by atoms with Crippen molar-refractivity contribution in [2.24, 2.45) is 0 Å². The SMILES string of the molecule is C[C@H](Sc1ncnc2ccccc12)C(=O)Nc1cccc2ccccc12. The summed E-state index contributed by atoms with van der Waals surface area (Å²) in [7, 11) is 0. The van der Waals surface area contributed by atoms with Gasteiger partial charge in [0.05, 0.1) is 10.8 Å². The van der Waals surface area contributed by atoms with Gasteiger partial charge in [-0.1, -0.05) is 66.4 Å². The lowest BCUT2D eigenvalue weighted by Crippen LogP contribution is -2.22. The molecule has 1 aromatic heterocycles. The van der Waals surface area contributed by atoms with Gasteiger partial charge in [0.1, 0.15) is 11.4 Å². The number of fused-ring (bicyclic) bond motifs is 2. The molecule has 1 heterocycles. The summed E-state index contributed by atoms with van der Waals surface area (Å²) in [5.74, 6) is -0.0472. The van der Waals surface area contributed by atoms with Gasteiger partial charge in [0.25, 0.3) is 0 Å². The third-order valence-electron chi connectivity index (χ3n) is 4.21. The number of hydrogen-bond acceptors (Lipinski definition) is 4. The topological polar surface area (TPSA) is 54.9 Å². The second-order valence-corrected chi connectivity index (χ2v) is 7.30. The first kappa shape index (κ1) is 16.5. The van der Waals surface area contributed by atoms with Crippen LogP contribution in [0.2, 0.25) is 0 Å². The van der Waals surface area contributed by atoms with Crippen LogP contribution in [0.5, 0.6) is 0 Å². The summed E-state index contributed by atoms with van der Waals surface area (Å²) in [5, 5.41) is 6.68. The number of amides is 1. The molecule has 4 aromatic rings. The molecule has 0 saturated carbocycles.